The third-order valence-electron chi connectivity index (χ3n) is 3.33. The summed E-state index contributed by atoms with van der Waals surface area (Å²) in [6.07, 6.45) is -4.60. The predicted octanol–water partition coefficient (Wildman–Crippen LogP) is 2.34. The summed E-state index contributed by atoms with van der Waals surface area (Å²) in [4.78, 5) is 3.68. The van der Waals surface area contributed by atoms with Gasteiger partial charge in [-0.05, 0) is 38.8 Å². The quantitative estimate of drug-likeness (QED) is 0.819. The van der Waals surface area contributed by atoms with Crippen LogP contribution in [0.3, 0.4) is 0 Å². The molecule has 0 heterocycles. The SMILES string of the molecule is CN(C)CCN(C)C(CN)c1ccc(F)cc1C(F)(F)F. The van der Waals surface area contributed by atoms with E-state index in [2.05, 4.69) is 0 Å². The number of nitrogens with zero attached hydrogens (tertiary/aromatic N) is 2. The molecule has 0 spiro atoms. The van der Waals surface area contributed by atoms with Gasteiger partial charge in [0.05, 0.1) is 5.56 Å². The number of nitrogens with two attached hydrogens (primary N) is 1. The zero-order valence-electron chi connectivity index (χ0n) is 12.4. The monoisotopic (exact) mass is 307 g/mol. The molecule has 21 heavy (non-hydrogen) atoms. The molecule has 0 aliphatic carbocycles. The molecule has 0 amide bonds. The fourth-order valence-electron chi connectivity index (χ4n) is 2.12. The Hall–Kier alpha value is -1.18. The van der Waals surface area contributed by atoms with Gasteiger partial charge in [-0.15, -0.1) is 0 Å². The molecule has 1 aromatic carbocycles. The highest BCUT2D eigenvalue weighted by Crippen LogP contribution is 2.36. The van der Waals surface area contributed by atoms with Crippen LogP contribution in [0.2, 0.25) is 0 Å². The predicted molar refractivity (Wildman–Crippen MR) is 74.4 cm³/mol. The lowest BCUT2D eigenvalue weighted by Gasteiger charge is -2.30. The van der Waals surface area contributed by atoms with Crippen molar-refractivity contribution in [3.63, 3.8) is 0 Å². The van der Waals surface area contributed by atoms with E-state index in [1.165, 1.54) is 6.07 Å². The highest BCUT2D eigenvalue weighted by Gasteiger charge is 2.36. The first-order chi connectivity index (χ1) is 9.66. The number of alkyl halides is 3. The maximum Gasteiger partial charge on any atom is 0.416 e. The average Bonchev–Trinajstić information content (AvgIpc) is 2.37. The Labute approximate surface area is 122 Å². The summed E-state index contributed by atoms with van der Waals surface area (Å²) in [6.45, 7) is 1.28. The van der Waals surface area contributed by atoms with E-state index in [9.17, 15) is 17.6 Å². The first-order valence-corrected chi connectivity index (χ1v) is 6.58. The zero-order valence-corrected chi connectivity index (χ0v) is 12.4. The maximum atomic E-state index is 13.1. The van der Waals surface area contributed by atoms with Crippen LogP contribution >= 0.6 is 0 Å². The second kappa shape index (κ2) is 7.20. The Kier molecular flexibility index (Phi) is 6.12. The summed E-state index contributed by atoms with van der Waals surface area (Å²) in [5, 5.41) is 0. The van der Waals surface area contributed by atoms with E-state index in [1.807, 2.05) is 19.0 Å². The number of rotatable bonds is 6. The zero-order chi connectivity index (χ0) is 16.2. The highest BCUT2D eigenvalue weighted by atomic mass is 19.4. The van der Waals surface area contributed by atoms with Gasteiger partial charge in [0, 0.05) is 25.7 Å². The second-order valence-electron chi connectivity index (χ2n) is 5.26. The van der Waals surface area contributed by atoms with Gasteiger partial charge in [0.2, 0.25) is 0 Å². The normalized spacial score (nSPS) is 14.0. The molecule has 0 aliphatic rings. The molecule has 120 valence electrons. The topological polar surface area (TPSA) is 32.5 Å². The highest BCUT2D eigenvalue weighted by molar-refractivity contribution is 5.33. The fraction of sp³-hybridized carbons (Fsp3) is 0.571. The van der Waals surface area contributed by atoms with E-state index < -0.39 is 23.6 Å². The van der Waals surface area contributed by atoms with E-state index >= 15 is 0 Å². The van der Waals surface area contributed by atoms with Crippen LogP contribution in [0.15, 0.2) is 18.2 Å². The van der Waals surface area contributed by atoms with Gasteiger partial charge < -0.3 is 10.6 Å². The van der Waals surface area contributed by atoms with Gasteiger partial charge in [0.1, 0.15) is 5.82 Å². The van der Waals surface area contributed by atoms with Crippen molar-refractivity contribution in [1.29, 1.82) is 0 Å². The number of benzene rings is 1. The van der Waals surface area contributed by atoms with Gasteiger partial charge in [0.15, 0.2) is 0 Å². The van der Waals surface area contributed by atoms with Crippen molar-refractivity contribution in [2.24, 2.45) is 5.73 Å². The van der Waals surface area contributed by atoms with Crippen molar-refractivity contribution in [1.82, 2.24) is 9.80 Å². The molecule has 0 bridgehead atoms. The van der Waals surface area contributed by atoms with Gasteiger partial charge >= 0.3 is 6.18 Å². The molecule has 2 N–H and O–H groups in total. The van der Waals surface area contributed by atoms with Crippen molar-refractivity contribution >= 4 is 0 Å². The third-order valence-corrected chi connectivity index (χ3v) is 3.33. The van der Waals surface area contributed by atoms with Gasteiger partial charge in [0.25, 0.3) is 0 Å². The van der Waals surface area contributed by atoms with Crippen LogP contribution in [0.5, 0.6) is 0 Å². The minimum Gasteiger partial charge on any atom is -0.329 e. The van der Waals surface area contributed by atoms with Crippen molar-refractivity contribution in [3.05, 3.63) is 35.1 Å². The van der Waals surface area contributed by atoms with Crippen molar-refractivity contribution < 1.29 is 17.6 Å². The lowest BCUT2D eigenvalue weighted by atomic mass is 9.98. The van der Waals surface area contributed by atoms with Crippen LogP contribution in [0.25, 0.3) is 0 Å². The molecule has 3 nitrogen and oxygen atoms in total. The van der Waals surface area contributed by atoms with Gasteiger partial charge in [-0.3, -0.25) is 4.90 Å². The molecular formula is C14H21F4N3. The smallest absolute Gasteiger partial charge is 0.329 e. The van der Waals surface area contributed by atoms with Gasteiger partial charge in [-0.1, -0.05) is 6.07 Å². The first kappa shape index (κ1) is 17.9. The van der Waals surface area contributed by atoms with Crippen LogP contribution in [0.4, 0.5) is 17.6 Å². The lowest BCUT2D eigenvalue weighted by Crippen LogP contribution is -2.36. The van der Waals surface area contributed by atoms with Crippen LogP contribution in [-0.4, -0.2) is 50.6 Å². The molecule has 1 unspecified atom stereocenters. The molecule has 0 fully saturated rings. The van der Waals surface area contributed by atoms with Crippen LogP contribution < -0.4 is 5.73 Å². The summed E-state index contributed by atoms with van der Waals surface area (Å²) in [7, 11) is 5.47. The summed E-state index contributed by atoms with van der Waals surface area (Å²) < 4.78 is 52.4. The van der Waals surface area contributed by atoms with Crippen molar-refractivity contribution in [3.8, 4) is 0 Å². The molecule has 1 rings (SSSR count). The van der Waals surface area contributed by atoms with Crippen LogP contribution in [0.1, 0.15) is 17.2 Å². The van der Waals surface area contributed by atoms with Crippen LogP contribution in [0, 0.1) is 5.82 Å². The van der Waals surface area contributed by atoms with E-state index in [1.54, 1.807) is 11.9 Å². The molecule has 7 heteroatoms. The summed E-state index contributed by atoms with van der Waals surface area (Å²) in [6, 6.07) is 2.12. The van der Waals surface area contributed by atoms with Crippen molar-refractivity contribution in [2.45, 2.75) is 12.2 Å². The van der Waals surface area contributed by atoms with E-state index in [0.29, 0.717) is 19.2 Å². The van der Waals surface area contributed by atoms with E-state index in [-0.39, 0.29) is 12.1 Å². The Bertz CT molecular complexity index is 460. The van der Waals surface area contributed by atoms with Gasteiger partial charge in [-0.25, -0.2) is 4.39 Å². The summed E-state index contributed by atoms with van der Waals surface area (Å²) in [5.41, 5.74) is 4.69. The Morgan fingerprint density at radius 2 is 1.76 bits per heavy atom. The lowest BCUT2D eigenvalue weighted by molar-refractivity contribution is -0.138. The molecule has 0 radical (unpaired) electrons. The Morgan fingerprint density at radius 1 is 1.14 bits per heavy atom. The number of hydrogen-bond acceptors (Lipinski definition) is 3. The molecule has 0 aromatic heterocycles. The summed E-state index contributed by atoms with van der Waals surface area (Å²) in [5.74, 6) is -0.905. The molecule has 1 atom stereocenters. The Balaban J connectivity index is 3.10. The number of likely N-dealkylation sites (N-methyl/N-ethyl adjacent to an activating group) is 2. The Morgan fingerprint density at radius 3 is 2.24 bits per heavy atom. The largest absolute Gasteiger partial charge is 0.416 e. The standard InChI is InChI=1S/C14H21F4N3/c1-20(2)6-7-21(3)13(9-19)11-5-4-10(15)8-12(11)14(16,17)18/h4-5,8,13H,6-7,9,19H2,1-3H3. The molecule has 0 saturated carbocycles. The molecular weight excluding hydrogens is 286 g/mol. The molecule has 0 aliphatic heterocycles. The minimum absolute atomic E-state index is 0.00709. The second-order valence-corrected chi connectivity index (χ2v) is 5.26. The van der Waals surface area contributed by atoms with E-state index in [4.69, 9.17) is 5.73 Å². The van der Waals surface area contributed by atoms with E-state index in [0.717, 1.165) is 6.07 Å². The maximum absolute atomic E-state index is 13.1. The summed E-state index contributed by atoms with van der Waals surface area (Å²) >= 11 is 0. The van der Waals surface area contributed by atoms with Crippen LogP contribution in [-0.2, 0) is 6.18 Å². The van der Waals surface area contributed by atoms with Crippen molar-refractivity contribution in [2.75, 3.05) is 40.8 Å². The first-order valence-electron chi connectivity index (χ1n) is 6.58. The average molecular weight is 307 g/mol. The fourth-order valence-corrected chi connectivity index (χ4v) is 2.12. The third kappa shape index (κ3) is 4.94. The molecule has 1 aromatic rings. The number of hydrogen-bond donors (Lipinski definition) is 1. The minimum atomic E-state index is -4.60. The van der Waals surface area contributed by atoms with Gasteiger partial charge in [-0.2, -0.15) is 13.2 Å². The molecule has 0 saturated heterocycles. The number of halogens is 4.